The highest BCUT2D eigenvalue weighted by atomic mass is 32.2. The number of rotatable bonds is 2. The largest absolute Gasteiger partial charge is 0.464 e. The van der Waals surface area contributed by atoms with Gasteiger partial charge in [0.15, 0.2) is 6.10 Å². The van der Waals surface area contributed by atoms with Crippen molar-refractivity contribution >= 4 is 17.3 Å². The standard InChI is InChI=1S/C5H8O5S/c1-2-8-5(6)4-3-9-11(7)10-4/h4H,2-3H2,1H3. The Hall–Kier alpha value is -0.460. The van der Waals surface area contributed by atoms with Gasteiger partial charge in [-0.3, -0.25) is 8.37 Å². The molecule has 2 atom stereocenters. The fraction of sp³-hybridized carbons (Fsp3) is 0.800. The summed E-state index contributed by atoms with van der Waals surface area (Å²) in [7, 11) is 0. The highest BCUT2D eigenvalue weighted by Crippen LogP contribution is 2.09. The molecule has 0 spiro atoms. The van der Waals surface area contributed by atoms with E-state index in [1.807, 2.05) is 0 Å². The minimum atomic E-state index is -1.78. The number of carbonyl (C=O) groups excluding carboxylic acids is 1. The van der Waals surface area contributed by atoms with Gasteiger partial charge in [-0.25, -0.2) is 4.79 Å². The maximum atomic E-state index is 10.8. The molecule has 0 amide bonds. The molecule has 0 aromatic heterocycles. The third-order valence-corrected chi connectivity index (χ3v) is 1.78. The second-order valence-electron chi connectivity index (χ2n) is 1.83. The fourth-order valence-electron chi connectivity index (χ4n) is 0.610. The summed E-state index contributed by atoms with van der Waals surface area (Å²) in [5, 5.41) is 0. The summed E-state index contributed by atoms with van der Waals surface area (Å²) in [5.74, 6) is -0.529. The van der Waals surface area contributed by atoms with Gasteiger partial charge in [0.25, 0.3) is 0 Å². The van der Waals surface area contributed by atoms with E-state index in [4.69, 9.17) is 0 Å². The second kappa shape index (κ2) is 3.80. The van der Waals surface area contributed by atoms with E-state index >= 15 is 0 Å². The van der Waals surface area contributed by atoms with Gasteiger partial charge in [0.2, 0.25) is 0 Å². The predicted octanol–water partition coefficient (Wildman–Crippen LogP) is -0.456. The third-order valence-electron chi connectivity index (χ3n) is 1.06. The Morgan fingerprint density at radius 1 is 1.82 bits per heavy atom. The van der Waals surface area contributed by atoms with Gasteiger partial charge in [-0.05, 0) is 6.92 Å². The maximum absolute atomic E-state index is 10.8. The van der Waals surface area contributed by atoms with Gasteiger partial charge in [-0.1, -0.05) is 0 Å². The summed E-state index contributed by atoms with van der Waals surface area (Å²) in [6, 6.07) is 0. The van der Waals surface area contributed by atoms with Crippen LogP contribution in [0, 0.1) is 0 Å². The zero-order valence-electron chi connectivity index (χ0n) is 5.94. The molecule has 1 rings (SSSR count). The molecular formula is C5H8O5S. The van der Waals surface area contributed by atoms with Crippen molar-refractivity contribution in [2.75, 3.05) is 13.2 Å². The van der Waals surface area contributed by atoms with Crippen LogP contribution in [0.2, 0.25) is 0 Å². The van der Waals surface area contributed by atoms with Crippen molar-refractivity contribution in [3.8, 4) is 0 Å². The van der Waals surface area contributed by atoms with E-state index < -0.39 is 23.4 Å². The van der Waals surface area contributed by atoms with Crippen molar-refractivity contribution in [2.45, 2.75) is 13.0 Å². The van der Waals surface area contributed by atoms with Crippen LogP contribution in [0.4, 0.5) is 0 Å². The first-order chi connectivity index (χ1) is 5.24. The van der Waals surface area contributed by atoms with Crippen LogP contribution in [-0.2, 0) is 29.3 Å². The molecule has 0 aromatic rings. The van der Waals surface area contributed by atoms with Gasteiger partial charge in [0.05, 0.1) is 6.61 Å². The lowest BCUT2D eigenvalue weighted by atomic mass is 10.4. The number of carbonyl (C=O) groups is 1. The smallest absolute Gasteiger partial charge is 0.339 e. The molecular weight excluding hydrogens is 172 g/mol. The Balaban J connectivity index is 2.37. The Morgan fingerprint density at radius 3 is 3.00 bits per heavy atom. The molecule has 11 heavy (non-hydrogen) atoms. The van der Waals surface area contributed by atoms with Crippen LogP contribution in [0.5, 0.6) is 0 Å². The maximum Gasteiger partial charge on any atom is 0.339 e. The van der Waals surface area contributed by atoms with Crippen molar-refractivity contribution in [2.24, 2.45) is 0 Å². The van der Waals surface area contributed by atoms with E-state index in [-0.39, 0.29) is 13.2 Å². The van der Waals surface area contributed by atoms with Crippen molar-refractivity contribution < 1.29 is 22.1 Å². The van der Waals surface area contributed by atoms with E-state index in [1.165, 1.54) is 0 Å². The van der Waals surface area contributed by atoms with Crippen LogP contribution < -0.4 is 0 Å². The monoisotopic (exact) mass is 180 g/mol. The molecule has 64 valence electrons. The van der Waals surface area contributed by atoms with Crippen LogP contribution in [0.3, 0.4) is 0 Å². The lowest BCUT2D eigenvalue weighted by Gasteiger charge is -2.03. The Labute approximate surface area is 66.5 Å². The quantitative estimate of drug-likeness (QED) is 0.538. The van der Waals surface area contributed by atoms with E-state index in [9.17, 15) is 9.00 Å². The molecule has 0 bridgehead atoms. The predicted molar refractivity (Wildman–Crippen MR) is 35.6 cm³/mol. The number of hydrogen-bond acceptors (Lipinski definition) is 5. The van der Waals surface area contributed by atoms with Crippen LogP contribution in [0.1, 0.15) is 6.92 Å². The highest BCUT2D eigenvalue weighted by molar-refractivity contribution is 7.75. The molecule has 5 nitrogen and oxygen atoms in total. The second-order valence-corrected chi connectivity index (χ2v) is 2.66. The molecule has 1 saturated heterocycles. The van der Waals surface area contributed by atoms with Crippen LogP contribution in [0.25, 0.3) is 0 Å². The Morgan fingerprint density at radius 2 is 2.55 bits per heavy atom. The lowest BCUT2D eigenvalue weighted by Crippen LogP contribution is -2.24. The Kier molecular flexibility index (Phi) is 2.98. The third kappa shape index (κ3) is 2.25. The zero-order chi connectivity index (χ0) is 8.27. The molecule has 0 radical (unpaired) electrons. The highest BCUT2D eigenvalue weighted by Gasteiger charge is 2.31. The fourth-order valence-corrected chi connectivity index (χ4v) is 1.22. The van der Waals surface area contributed by atoms with Crippen molar-refractivity contribution in [1.29, 1.82) is 0 Å². The van der Waals surface area contributed by atoms with Gasteiger partial charge in [0, 0.05) is 0 Å². The minimum Gasteiger partial charge on any atom is -0.464 e. The van der Waals surface area contributed by atoms with E-state index in [2.05, 4.69) is 13.1 Å². The summed E-state index contributed by atoms with van der Waals surface area (Å²) in [4.78, 5) is 10.8. The molecule has 0 aliphatic carbocycles. The van der Waals surface area contributed by atoms with Crippen LogP contribution in [0.15, 0.2) is 0 Å². The first kappa shape index (κ1) is 8.63. The average molecular weight is 180 g/mol. The van der Waals surface area contributed by atoms with Gasteiger partial charge < -0.3 is 4.74 Å². The van der Waals surface area contributed by atoms with Crippen LogP contribution in [-0.4, -0.2) is 29.5 Å². The van der Waals surface area contributed by atoms with Gasteiger partial charge in [-0.2, -0.15) is 4.21 Å². The summed E-state index contributed by atoms with van der Waals surface area (Å²) < 4.78 is 24.0. The van der Waals surface area contributed by atoms with Crippen LogP contribution >= 0.6 is 0 Å². The van der Waals surface area contributed by atoms with Gasteiger partial charge in [-0.15, -0.1) is 0 Å². The molecule has 1 aliphatic heterocycles. The molecule has 1 heterocycles. The first-order valence-electron chi connectivity index (χ1n) is 3.13. The number of ether oxygens (including phenoxy) is 1. The summed E-state index contributed by atoms with van der Waals surface area (Å²) >= 11 is -1.78. The molecule has 2 unspecified atom stereocenters. The summed E-state index contributed by atoms with van der Waals surface area (Å²) in [6.45, 7) is 1.97. The molecule has 6 heteroatoms. The molecule has 1 fully saturated rings. The lowest BCUT2D eigenvalue weighted by molar-refractivity contribution is -0.150. The zero-order valence-corrected chi connectivity index (χ0v) is 6.76. The first-order valence-corrected chi connectivity index (χ1v) is 4.13. The summed E-state index contributed by atoms with van der Waals surface area (Å²) in [6.07, 6.45) is -0.823. The summed E-state index contributed by atoms with van der Waals surface area (Å²) in [5.41, 5.74) is 0. The van der Waals surface area contributed by atoms with Gasteiger partial charge in [0.1, 0.15) is 6.61 Å². The number of hydrogen-bond donors (Lipinski definition) is 0. The minimum absolute atomic E-state index is 0.00540. The van der Waals surface area contributed by atoms with Crippen molar-refractivity contribution in [3.63, 3.8) is 0 Å². The van der Waals surface area contributed by atoms with E-state index in [0.29, 0.717) is 0 Å². The van der Waals surface area contributed by atoms with Crippen molar-refractivity contribution in [1.82, 2.24) is 0 Å². The number of esters is 1. The van der Waals surface area contributed by atoms with Crippen molar-refractivity contribution in [3.05, 3.63) is 0 Å². The normalized spacial score (nSPS) is 30.3. The van der Waals surface area contributed by atoms with E-state index in [1.54, 1.807) is 6.92 Å². The van der Waals surface area contributed by atoms with E-state index in [0.717, 1.165) is 0 Å². The average Bonchev–Trinajstić information content (AvgIpc) is 2.36. The SMILES string of the molecule is CCOC(=O)C1COS(=O)O1. The molecule has 1 aliphatic rings. The molecule has 0 aromatic carbocycles. The van der Waals surface area contributed by atoms with Gasteiger partial charge >= 0.3 is 17.3 Å². The topological polar surface area (TPSA) is 61.8 Å². The molecule has 0 saturated carbocycles. The molecule has 0 N–H and O–H groups in total. The Bertz CT molecular complexity index is 180.